The third-order valence-electron chi connectivity index (χ3n) is 7.35. The highest BCUT2D eigenvalue weighted by atomic mass is 19.1. The Morgan fingerprint density at radius 3 is 2.53 bits per heavy atom. The molecule has 1 unspecified atom stereocenters. The molecule has 2 aliphatic heterocycles. The number of hydrogen-bond donors (Lipinski definition) is 2. The number of likely N-dealkylation sites (tertiary alicyclic amines) is 1. The van der Waals surface area contributed by atoms with Crippen LogP contribution < -0.4 is 4.74 Å². The minimum Gasteiger partial charge on any atom is -0.478 e. The van der Waals surface area contributed by atoms with E-state index in [0.29, 0.717) is 25.2 Å². The highest BCUT2D eigenvalue weighted by Gasteiger charge is 2.42. The van der Waals surface area contributed by atoms with Gasteiger partial charge in [-0.05, 0) is 31.9 Å². The van der Waals surface area contributed by atoms with E-state index < -0.39 is 36.6 Å². The topological polar surface area (TPSA) is 51.7 Å². The second-order valence-electron chi connectivity index (χ2n) is 10.4. The molecule has 0 amide bonds. The molecule has 0 spiro atoms. The van der Waals surface area contributed by atoms with Crippen LogP contribution in [0.15, 0.2) is 36.4 Å². The number of aliphatic hydroxyl groups excluding tert-OH is 1. The lowest BCUT2D eigenvalue weighted by Gasteiger charge is -2.43. The van der Waals surface area contributed by atoms with E-state index in [4.69, 9.17) is 4.74 Å². The Labute approximate surface area is 207 Å². The zero-order valence-corrected chi connectivity index (χ0v) is 20.4. The molecule has 1 aromatic heterocycles. The van der Waals surface area contributed by atoms with E-state index in [1.54, 1.807) is 4.90 Å². The van der Waals surface area contributed by atoms with Gasteiger partial charge in [0.2, 0.25) is 0 Å². The molecule has 1 saturated heterocycles. The van der Waals surface area contributed by atoms with E-state index in [1.807, 2.05) is 36.1 Å². The molecular weight excluding hydrogens is 474 g/mol. The zero-order chi connectivity index (χ0) is 25.6. The number of alkyl halides is 2. The number of aliphatic hydroxyl groups is 1. The lowest BCUT2D eigenvalue weighted by atomic mass is 9.87. The van der Waals surface area contributed by atoms with E-state index in [0.717, 1.165) is 28.6 Å². The Hall–Kier alpha value is -2.62. The lowest BCUT2D eigenvalue weighted by molar-refractivity contribution is 0.0142. The minimum absolute atomic E-state index is 0.0191. The number of para-hydroxylation sites is 1. The van der Waals surface area contributed by atoms with Gasteiger partial charge in [-0.2, -0.15) is 0 Å². The third kappa shape index (κ3) is 4.60. The van der Waals surface area contributed by atoms with Crippen molar-refractivity contribution in [3.8, 4) is 5.75 Å². The number of ether oxygens (including phenoxy) is 1. The molecule has 0 aliphatic carbocycles. The molecule has 2 aromatic carbocycles. The lowest BCUT2D eigenvalue weighted by Crippen LogP contribution is -2.50. The number of benzene rings is 2. The summed E-state index contributed by atoms with van der Waals surface area (Å²) in [5.41, 5.74) is 0.252. The highest BCUT2D eigenvalue weighted by Crippen LogP contribution is 2.43. The Bertz CT molecular complexity index is 1220. The van der Waals surface area contributed by atoms with Gasteiger partial charge in [0.15, 0.2) is 0 Å². The van der Waals surface area contributed by atoms with Gasteiger partial charge in [0, 0.05) is 65.9 Å². The maximum Gasteiger partial charge on any atom is 0.143 e. The van der Waals surface area contributed by atoms with Crippen LogP contribution in [0.1, 0.15) is 36.7 Å². The summed E-state index contributed by atoms with van der Waals surface area (Å²) in [4.78, 5) is 6.89. The molecule has 3 atom stereocenters. The number of fused-ring (bicyclic) bond motifs is 3. The van der Waals surface area contributed by atoms with Gasteiger partial charge < -0.3 is 14.8 Å². The first-order chi connectivity index (χ1) is 17.2. The molecule has 5 nitrogen and oxygen atoms in total. The van der Waals surface area contributed by atoms with Gasteiger partial charge in [0.25, 0.3) is 0 Å². The van der Waals surface area contributed by atoms with Gasteiger partial charge in [-0.15, -0.1) is 0 Å². The number of hydrogen-bond acceptors (Lipinski definition) is 4. The normalized spacial score (nSPS) is 22.9. The van der Waals surface area contributed by atoms with Crippen LogP contribution in [0.2, 0.25) is 0 Å². The second kappa shape index (κ2) is 9.68. The molecule has 2 aliphatic rings. The van der Waals surface area contributed by atoms with Gasteiger partial charge >= 0.3 is 0 Å². The number of aromatic nitrogens is 1. The Morgan fingerprint density at radius 2 is 1.86 bits per heavy atom. The first-order valence-corrected chi connectivity index (χ1v) is 12.3. The summed E-state index contributed by atoms with van der Waals surface area (Å²) in [6, 6.07) is 8.78. The average molecular weight is 506 g/mol. The molecule has 2 N–H and O–H groups in total. The Balaban J connectivity index is 1.52. The van der Waals surface area contributed by atoms with E-state index in [1.165, 1.54) is 6.92 Å². The fourth-order valence-electron chi connectivity index (χ4n) is 5.45. The summed E-state index contributed by atoms with van der Waals surface area (Å²) in [5, 5.41) is 10.6. The number of aromatic amines is 1. The number of halogens is 4. The van der Waals surface area contributed by atoms with Crippen LogP contribution in [0.3, 0.4) is 0 Å². The number of H-pyrrole nitrogens is 1. The predicted molar refractivity (Wildman–Crippen MR) is 130 cm³/mol. The van der Waals surface area contributed by atoms with Crippen molar-refractivity contribution >= 4 is 10.9 Å². The summed E-state index contributed by atoms with van der Waals surface area (Å²) < 4.78 is 64.5. The molecule has 5 rings (SSSR count). The smallest absolute Gasteiger partial charge is 0.143 e. The van der Waals surface area contributed by atoms with Crippen LogP contribution in [0, 0.1) is 17.6 Å². The van der Waals surface area contributed by atoms with Crippen molar-refractivity contribution in [3.63, 3.8) is 0 Å². The van der Waals surface area contributed by atoms with Crippen LogP contribution in [-0.2, 0) is 6.42 Å². The van der Waals surface area contributed by atoms with Crippen molar-refractivity contribution in [2.24, 2.45) is 5.92 Å². The van der Waals surface area contributed by atoms with Crippen molar-refractivity contribution in [1.29, 1.82) is 0 Å². The first-order valence-electron chi connectivity index (χ1n) is 12.3. The predicted octanol–water partition coefficient (Wildman–Crippen LogP) is 4.74. The first kappa shape index (κ1) is 25.0. The highest BCUT2D eigenvalue weighted by molar-refractivity contribution is 5.85. The summed E-state index contributed by atoms with van der Waals surface area (Å²) in [7, 11) is 0. The van der Waals surface area contributed by atoms with Crippen molar-refractivity contribution in [1.82, 2.24) is 14.8 Å². The van der Waals surface area contributed by atoms with Crippen LogP contribution in [0.5, 0.6) is 5.75 Å². The molecule has 36 heavy (non-hydrogen) atoms. The summed E-state index contributed by atoms with van der Waals surface area (Å²) >= 11 is 0. The van der Waals surface area contributed by atoms with Gasteiger partial charge in [-0.3, -0.25) is 14.2 Å². The van der Waals surface area contributed by atoms with Crippen molar-refractivity contribution in [2.75, 3.05) is 39.6 Å². The number of nitrogens with one attached hydrogen (secondary N) is 1. The van der Waals surface area contributed by atoms with Crippen molar-refractivity contribution < 1.29 is 27.4 Å². The number of nitrogens with zero attached hydrogens (tertiary/aromatic N) is 2. The van der Waals surface area contributed by atoms with E-state index >= 15 is 13.2 Å². The fraction of sp³-hybridized carbons (Fsp3) is 0.481. The molecule has 1 fully saturated rings. The van der Waals surface area contributed by atoms with Crippen LogP contribution >= 0.6 is 0 Å². The van der Waals surface area contributed by atoms with Crippen LogP contribution in [0.4, 0.5) is 17.6 Å². The Morgan fingerprint density at radius 1 is 1.17 bits per heavy atom. The fourth-order valence-corrected chi connectivity index (χ4v) is 5.45. The van der Waals surface area contributed by atoms with E-state index in [-0.39, 0.29) is 36.5 Å². The van der Waals surface area contributed by atoms with Crippen molar-refractivity contribution in [2.45, 2.75) is 38.0 Å². The molecule has 3 heterocycles. The van der Waals surface area contributed by atoms with Crippen LogP contribution in [0.25, 0.3) is 10.9 Å². The monoisotopic (exact) mass is 505 g/mol. The average Bonchev–Trinajstić information content (AvgIpc) is 3.17. The Kier molecular flexibility index (Phi) is 6.74. The molecule has 9 heteroatoms. The maximum atomic E-state index is 15.6. The summed E-state index contributed by atoms with van der Waals surface area (Å²) in [5.74, 6) is -1.58. The second-order valence-corrected chi connectivity index (χ2v) is 10.4. The third-order valence-corrected chi connectivity index (χ3v) is 7.35. The zero-order valence-electron chi connectivity index (χ0n) is 20.4. The van der Waals surface area contributed by atoms with E-state index in [9.17, 15) is 9.50 Å². The minimum atomic E-state index is -1.96. The summed E-state index contributed by atoms with van der Waals surface area (Å²) in [6.07, 6.45) is 0.567. The van der Waals surface area contributed by atoms with Gasteiger partial charge in [-0.1, -0.05) is 18.2 Å². The summed E-state index contributed by atoms with van der Waals surface area (Å²) in [6.45, 7) is 3.08. The maximum absolute atomic E-state index is 15.6. The molecule has 0 radical (unpaired) electrons. The van der Waals surface area contributed by atoms with Gasteiger partial charge in [0.1, 0.15) is 29.8 Å². The van der Waals surface area contributed by atoms with E-state index in [2.05, 4.69) is 4.98 Å². The standard InChI is InChI=1S/C27H31F4N3O2/c1-16-7-20-19-5-3-4-6-23(19)32-25(20)26(34(16)13-27(2,31)14-35)24-21(29)8-18(9-22(24)30)36-15-33-11-17(10-28)12-33/h3-6,8-9,16-17,26,32,35H,7,10-15H2,1-2H3/t16-,26-,27?/m1/s1. The quantitative estimate of drug-likeness (QED) is 0.435. The van der Waals surface area contributed by atoms with Gasteiger partial charge in [-0.25, -0.2) is 13.2 Å². The van der Waals surface area contributed by atoms with Crippen LogP contribution in [-0.4, -0.2) is 71.2 Å². The largest absolute Gasteiger partial charge is 0.478 e. The molecule has 0 bridgehead atoms. The van der Waals surface area contributed by atoms with Crippen molar-refractivity contribution in [3.05, 3.63) is 64.9 Å². The molecular formula is C27H31F4N3O2. The molecule has 0 saturated carbocycles. The molecule has 3 aromatic rings. The number of rotatable bonds is 8. The SMILES string of the molecule is C[C@@H]1Cc2c([nH]c3ccccc23)[C@@H](c2c(F)cc(OCN3CC(CF)C3)cc2F)N1CC(C)(F)CO. The van der Waals surface area contributed by atoms with Gasteiger partial charge in [0.05, 0.1) is 19.3 Å². The molecule has 194 valence electrons.